The van der Waals surface area contributed by atoms with Gasteiger partial charge in [-0.1, -0.05) is 12.2 Å². The number of nitrogens with zero attached hydrogens (tertiary/aromatic N) is 1. The summed E-state index contributed by atoms with van der Waals surface area (Å²) in [5, 5.41) is 3.04. The van der Waals surface area contributed by atoms with Crippen LogP contribution in [-0.4, -0.2) is 36.6 Å². The van der Waals surface area contributed by atoms with Gasteiger partial charge in [-0.3, -0.25) is 0 Å². The topological polar surface area (TPSA) is 15.3 Å². The molecule has 1 aliphatic rings. The Balaban J connectivity index is 1.84. The van der Waals surface area contributed by atoms with Gasteiger partial charge in [-0.25, -0.2) is 0 Å². The lowest BCUT2D eigenvalue weighted by molar-refractivity contribution is 0.330. The van der Waals surface area contributed by atoms with Crippen molar-refractivity contribution in [3.63, 3.8) is 0 Å². The molecular weight excluding hydrogens is 168 g/mol. The number of hydrogen-bond donors (Lipinski definition) is 1. The first-order valence-corrected chi connectivity index (χ1v) is 5.30. The number of rotatable bonds is 6. The van der Waals surface area contributed by atoms with Crippen LogP contribution in [0.5, 0.6) is 0 Å². The highest BCUT2D eigenvalue weighted by molar-refractivity contribution is 7.78. The Morgan fingerprint density at radius 3 is 2.67 bits per heavy atom. The van der Waals surface area contributed by atoms with Crippen molar-refractivity contribution in [2.75, 3.05) is 26.2 Å². The number of thiocarbonyl (C=S) groups is 1. The molecule has 0 saturated carbocycles. The van der Waals surface area contributed by atoms with Crippen molar-refractivity contribution in [2.45, 2.75) is 25.7 Å². The maximum atomic E-state index is 4.66. The third-order valence-corrected chi connectivity index (χ3v) is 2.49. The first kappa shape index (κ1) is 9.93. The van der Waals surface area contributed by atoms with E-state index in [1.54, 1.807) is 5.49 Å². The zero-order valence-electron chi connectivity index (χ0n) is 7.59. The van der Waals surface area contributed by atoms with Crippen LogP contribution in [0.4, 0.5) is 0 Å². The molecule has 1 aliphatic heterocycles. The van der Waals surface area contributed by atoms with Gasteiger partial charge in [0.05, 0.1) is 5.49 Å². The molecule has 1 rings (SSSR count). The van der Waals surface area contributed by atoms with Crippen molar-refractivity contribution in [1.82, 2.24) is 10.2 Å². The Morgan fingerprint density at radius 2 is 2.00 bits per heavy atom. The first-order chi connectivity index (χ1) is 5.93. The molecule has 1 saturated heterocycles. The van der Waals surface area contributed by atoms with E-state index in [2.05, 4.69) is 22.4 Å². The van der Waals surface area contributed by atoms with Gasteiger partial charge in [0.2, 0.25) is 0 Å². The number of likely N-dealkylation sites (tertiary alicyclic amines) is 1. The molecule has 12 heavy (non-hydrogen) atoms. The van der Waals surface area contributed by atoms with Crippen molar-refractivity contribution in [3.8, 4) is 0 Å². The van der Waals surface area contributed by atoms with E-state index in [0.717, 1.165) is 6.54 Å². The van der Waals surface area contributed by atoms with E-state index in [4.69, 9.17) is 0 Å². The van der Waals surface area contributed by atoms with Gasteiger partial charge in [0.1, 0.15) is 0 Å². The molecule has 0 radical (unpaired) electrons. The molecule has 0 spiro atoms. The quantitative estimate of drug-likeness (QED) is 0.499. The summed E-state index contributed by atoms with van der Waals surface area (Å²) in [6.07, 6.45) is 5.34. The molecule has 0 aromatic rings. The standard InChI is InChI=1S/C9H18N2S/c12-9-10-5-1-2-6-11-7-3-4-8-11/h9H,1-8H2,(H,10,12). The SMILES string of the molecule is S=CNCCCCN1CCCC1. The summed E-state index contributed by atoms with van der Waals surface area (Å²) in [6.45, 7) is 4.96. The zero-order valence-corrected chi connectivity index (χ0v) is 8.41. The molecule has 0 unspecified atom stereocenters. The lowest BCUT2D eigenvalue weighted by Crippen LogP contribution is -2.21. The van der Waals surface area contributed by atoms with Crippen LogP contribution in [0.25, 0.3) is 0 Å². The molecule has 0 bridgehead atoms. The third-order valence-electron chi connectivity index (χ3n) is 2.33. The predicted molar refractivity (Wildman–Crippen MR) is 56.6 cm³/mol. The highest BCUT2D eigenvalue weighted by Gasteiger charge is 2.09. The predicted octanol–water partition coefficient (Wildman–Crippen LogP) is 1.41. The highest BCUT2D eigenvalue weighted by Crippen LogP contribution is 2.07. The van der Waals surface area contributed by atoms with Crippen LogP contribution >= 0.6 is 12.2 Å². The van der Waals surface area contributed by atoms with Gasteiger partial charge >= 0.3 is 0 Å². The summed E-state index contributed by atoms with van der Waals surface area (Å²) in [6, 6.07) is 0. The fraction of sp³-hybridized carbons (Fsp3) is 0.889. The molecule has 0 amide bonds. The van der Waals surface area contributed by atoms with Crippen molar-refractivity contribution in [2.24, 2.45) is 0 Å². The average molecular weight is 186 g/mol. The molecule has 70 valence electrons. The van der Waals surface area contributed by atoms with Crippen LogP contribution in [0.15, 0.2) is 0 Å². The normalized spacial score (nSPS) is 18.0. The molecule has 0 aliphatic carbocycles. The third kappa shape index (κ3) is 4.02. The molecule has 1 N–H and O–H groups in total. The molecule has 0 aromatic heterocycles. The summed E-state index contributed by atoms with van der Waals surface area (Å²) in [5.41, 5.74) is 1.61. The van der Waals surface area contributed by atoms with Gasteiger partial charge in [0.25, 0.3) is 0 Å². The minimum absolute atomic E-state index is 1.04. The summed E-state index contributed by atoms with van der Waals surface area (Å²) in [5.74, 6) is 0. The van der Waals surface area contributed by atoms with E-state index < -0.39 is 0 Å². The van der Waals surface area contributed by atoms with E-state index in [0.29, 0.717) is 0 Å². The van der Waals surface area contributed by atoms with Crippen LogP contribution in [0.2, 0.25) is 0 Å². The fourth-order valence-corrected chi connectivity index (χ4v) is 1.75. The molecular formula is C9H18N2S. The number of nitrogens with one attached hydrogen (secondary N) is 1. The molecule has 1 fully saturated rings. The Hall–Kier alpha value is -0.150. The van der Waals surface area contributed by atoms with Crippen LogP contribution < -0.4 is 5.32 Å². The highest BCUT2D eigenvalue weighted by atomic mass is 32.1. The van der Waals surface area contributed by atoms with Crippen molar-refractivity contribution in [1.29, 1.82) is 0 Å². The Kier molecular flexibility index (Phi) is 5.28. The fourth-order valence-electron chi connectivity index (χ4n) is 1.63. The summed E-state index contributed by atoms with van der Waals surface area (Å²) >= 11 is 4.66. The maximum Gasteiger partial charge on any atom is 0.0614 e. The molecule has 0 aromatic carbocycles. The molecule has 2 nitrogen and oxygen atoms in total. The van der Waals surface area contributed by atoms with Crippen LogP contribution in [0, 0.1) is 0 Å². The second kappa shape index (κ2) is 6.38. The largest absolute Gasteiger partial charge is 0.382 e. The van der Waals surface area contributed by atoms with Crippen LogP contribution in [0.3, 0.4) is 0 Å². The summed E-state index contributed by atoms with van der Waals surface area (Å²) in [7, 11) is 0. The second-order valence-electron chi connectivity index (χ2n) is 3.33. The van der Waals surface area contributed by atoms with Crippen molar-refractivity contribution >= 4 is 17.7 Å². The van der Waals surface area contributed by atoms with Crippen LogP contribution in [0.1, 0.15) is 25.7 Å². The summed E-state index contributed by atoms with van der Waals surface area (Å²) in [4.78, 5) is 2.55. The molecule has 1 heterocycles. The second-order valence-corrected chi connectivity index (χ2v) is 3.56. The van der Waals surface area contributed by atoms with Gasteiger partial charge in [0.15, 0.2) is 0 Å². The zero-order chi connectivity index (χ0) is 8.65. The van der Waals surface area contributed by atoms with Gasteiger partial charge in [-0.05, 0) is 45.3 Å². The lowest BCUT2D eigenvalue weighted by atomic mass is 10.3. The van der Waals surface area contributed by atoms with Gasteiger partial charge < -0.3 is 10.2 Å². The van der Waals surface area contributed by atoms with E-state index in [9.17, 15) is 0 Å². The first-order valence-electron chi connectivity index (χ1n) is 4.83. The minimum atomic E-state index is 1.04. The lowest BCUT2D eigenvalue weighted by Gasteiger charge is -2.13. The molecule has 3 heteroatoms. The van der Waals surface area contributed by atoms with Crippen molar-refractivity contribution < 1.29 is 0 Å². The molecule has 0 atom stereocenters. The average Bonchev–Trinajstić information content (AvgIpc) is 2.57. The minimum Gasteiger partial charge on any atom is -0.382 e. The van der Waals surface area contributed by atoms with Crippen LogP contribution in [-0.2, 0) is 0 Å². The number of unbranched alkanes of at least 4 members (excludes halogenated alkanes) is 1. The maximum absolute atomic E-state index is 4.66. The Morgan fingerprint density at radius 1 is 1.25 bits per heavy atom. The smallest absolute Gasteiger partial charge is 0.0614 e. The van der Waals surface area contributed by atoms with E-state index in [1.165, 1.54) is 45.3 Å². The number of hydrogen-bond acceptors (Lipinski definition) is 2. The van der Waals surface area contributed by atoms with Gasteiger partial charge in [-0.2, -0.15) is 0 Å². The Labute approximate surface area is 80.3 Å². The summed E-state index contributed by atoms with van der Waals surface area (Å²) < 4.78 is 0. The van der Waals surface area contributed by atoms with E-state index >= 15 is 0 Å². The van der Waals surface area contributed by atoms with Crippen molar-refractivity contribution in [3.05, 3.63) is 0 Å². The van der Waals surface area contributed by atoms with E-state index in [1.807, 2.05) is 0 Å². The van der Waals surface area contributed by atoms with E-state index in [-0.39, 0.29) is 0 Å². The Bertz CT molecular complexity index is 122. The monoisotopic (exact) mass is 186 g/mol. The van der Waals surface area contributed by atoms with Gasteiger partial charge in [0, 0.05) is 6.54 Å². The van der Waals surface area contributed by atoms with Gasteiger partial charge in [-0.15, -0.1) is 0 Å².